The van der Waals surface area contributed by atoms with Crippen LogP contribution in [0.15, 0.2) is 22.9 Å². The van der Waals surface area contributed by atoms with E-state index < -0.39 is 5.82 Å². The Kier molecular flexibility index (Phi) is 3.33. The number of anilines is 1. The Hall–Kier alpha value is -1.56. The van der Waals surface area contributed by atoms with Gasteiger partial charge >= 0.3 is 0 Å². The number of pyridine rings is 1. The smallest absolute Gasteiger partial charge is 0.186 e. The molecule has 2 aromatic rings. The highest BCUT2D eigenvalue weighted by molar-refractivity contribution is 9.10. The number of rotatable bonds is 2. The Morgan fingerprint density at radius 3 is 2.71 bits per heavy atom. The third kappa shape index (κ3) is 2.41. The predicted molar refractivity (Wildman–Crippen MR) is 67.2 cm³/mol. The minimum absolute atomic E-state index is 0.187. The van der Waals surface area contributed by atoms with Gasteiger partial charge in [0.15, 0.2) is 17.5 Å². The molecule has 2 aromatic heterocycles. The molecule has 0 aliphatic heterocycles. The van der Waals surface area contributed by atoms with Gasteiger partial charge in [0, 0.05) is 29.5 Å². The molecule has 0 saturated heterocycles. The standard InChI is InChI=1S/C11H10BrFN4/c1-6-9(13)11(14-2)17-10(16-6)7-3-8(12)5-15-4-7/h3-5H,1-2H3,(H,14,16,17). The summed E-state index contributed by atoms with van der Waals surface area (Å²) < 4.78 is 14.4. The molecule has 0 atom stereocenters. The highest BCUT2D eigenvalue weighted by Gasteiger charge is 2.11. The summed E-state index contributed by atoms with van der Waals surface area (Å²) >= 11 is 3.32. The number of hydrogen-bond acceptors (Lipinski definition) is 4. The van der Waals surface area contributed by atoms with E-state index in [-0.39, 0.29) is 5.82 Å². The predicted octanol–water partition coefficient (Wildman–Crippen LogP) is 2.79. The Balaban J connectivity index is 2.56. The molecule has 0 aromatic carbocycles. The van der Waals surface area contributed by atoms with E-state index in [9.17, 15) is 4.39 Å². The van der Waals surface area contributed by atoms with E-state index in [4.69, 9.17) is 0 Å². The van der Waals surface area contributed by atoms with Crippen LogP contribution in [-0.4, -0.2) is 22.0 Å². The maximum Gasteiger partial charge on any atom is 0.186 e. The average Bonchev–Trinajstić information content (AvgIpc) is 2.32. The summed E-state index contributed by atoms with van der Waals surface area (Å²) in [7, 11) is 1.62. The van der Waals surface area contributed by atoms with Crippen molar-refractivity contribution >= 4 is 21.7 Å². The van der Waals surface area contributed by atoms with Gasteiger partial charge in [0.2, 0.25) is 0 Å². The number of halogens is 2. The van der Waals surface area contributed by atoms with Gasteiger partial charge in [0.1, 0.15) is 0 Å². The summed E-state index contributed by atoms with van der Waals surface area (Å²) in [6, 6.07) is 1.83. The van der Waals surface area contributed by atoms with Gasteiger partial charge in [-0.15, -0.1) is 0 Å². The minimum atomic E-state index is -0.431. The lowest BCUT2D eigenvalue weighted by molar-refractivity contribution is 0.607. The van der Waals surface area contributed by atoms with Gasteiger partial charge < -0.3 is 5.32 Å². The molecule has 2 rings (SSSR count). The second-order valence-electron chi connectivity index (χ2n) is 3.44. The lowest BCUT2D eigenvalue weighted by Gasteiger charge is -2.07. The van der Waals surface area contributed by atoms with Crippen molar-refractivity contribution in [1.82, 2.24) is 15.0 Å². The van der Waals surface area contributed by atoms with E-state index in [1.54, 1.807) is 26.4 Å². The lowest BCUT2D eigenvalue weighted by Crippen LogP contribution is -2.03. The Morgan fingerprint density at radius 2 is 2.06 bits per heavy atom. The molecule has 0 fully saturated rings. The second-order valence-corrected chi connectivity index (χ2v) is 4.35. The summed E-state index contributed by atoms with van der Waals surface area (Å²) in [6.07, 6.45) is 3.30. The molecule has 0 amide bonds. The van der Waals surface area contributed by atoms with Crippen molar-refractivity contribution in [3.8, 4) is 11.4 Å². The van der Waals surface area contributed by atoms with Crippen molar-refractivity contribution in [2.24, 2.45) is 0 Å². The monoisotopic (exact) mass is 296 g/mol. The number of nitrogens with zero attached hydrogens (tertiary/aromatic N) is 3. The zero-order valence-electron chi connectivity index (χ0n) is 9.33. The first-order valence-electron chi connectivity index (χ1n) is 4.94. The van der Waals surface area contributed by atoms with Crippen molar-refractivity contribution < 1.29 is 4.39 Å². The molecule has 0 unspecified atom stereocenters. The summed E-state index contributed by atoms with van der Waals surface area (Å²) in [4.78, 5) is 12.2. The molecule has 0 bridgehead atoms. The van der Waals surface area contributed by atoms with Crippen molar-refractivity contribution in [3.05, 3.63) is 34.4 Å². The molecule has 88 valence electrons. The van der Waals surface area contributed by atoms with Gasteiger partial charge in [-0.3, -0.25) is 4.98 Å². The molecule has 4 nitrogen and oxygen atoms in total. The Morgan fingerprint density at radius 1 is 1.29 bits per heavy atom. The zero-order valence-corrected chi connectivity index (χ0v) is 10.9. The molecule has 0 radical (unpaired) electrons. The van der Waals surface area contributed by atoms with Gasteiger partial charge in [-0.2, -0.15) is 0 Å². The van der Waals surface area contributed by atoms with E-state index in [0.29, 0.717) is 11.5 Å². The normalized spacial score (nSPS) is 10.4. The number of hydrogen-bond donors (Lipinski definition) is 1. The second kappa shape index (κ2) is 4.75. The molecule has 0 saturated carbocycles. The SMILES string of the molecule is CNc1nc(-c2cncc(Br)c2)nc(C)c1F. The van der Waals surface area contributed by atoms with Crippen molar-refractivity contribution in [2.75, 3.05) is 12.4 Å². The van der Waals surface area contributed by atoms with Crippen LogP contribution in [0.4, 0.5) is 10.2 Å². The van der Waals surface area contributed by atoms with Crippen molar-refractivity contribution in [1.29, 1.82) is 0 Å². The Labute approximate surface area is 106 Å². The van der Waals surface area contributed by atoms with Gasteiger partial charge in [0.05, 0.1) is 5.69 Å². The van der Waals surface area contributed by atoms with Crippen LogP contribution in [0.25, 0.3) is 11.4 Å². The van der Waals surface area contributed by atoms with Gasteiger partial charge in [-0.1, -0.05) is 0 Å². The third-order valence-electron chi connectivity index (χ3n) is 2.22. The average molecular weight is 297 g/mol. The molecule has 17 heavy (non-hydrogen) atoms. The van der Waals surface area contributed by atoms with Crippen LogP contribution in [0.1, 0.15) is 5.69 Å². The Bertz CT molecular complexity index is 559. The van der Waals surface area contributed by atoms with Crippen LogP contribution in [0.3, 0.4) is 0 Å². The van der Waals surface area contributed by atoms with Crippen LogP contribution < -0.4 is 5.32 Å². The number of aromatic nitrogens is 3. The van der Waals surface area contributed by atoms with Crippen LogP contribution >= 0.6 is 15.9 Å². The first kappa shape index (κ1) is 11.9. The minimum Gasteiger partial charge on any atom is -0.371 e. The summed E-state index contributed by atoms with van der Waals surface area (Å²) in [5.41, 5.74) is 1.04. The van der Waals surface area contributed by atoms with Crippen molar-refractivity contribution in [2.45, 2.75) is 6.92 Å². The fraction of sp³-hybridized carbons (Fsp3) is 0.182. The lowest BCUT2D eigenvalue weighted by atomic mass is 10.2. The first-order chi connectivity index (χ1) is 8.11. The van der Waals surface area contributed by atoms with Crippen LogP contribution in [0.5, 0.6) is 0 Å². The highest BCUT2D eigenvalue weighted by Crippen LogP contribution is 2.22. The summed E-state index contributed by atoms with van der Waals surface area (Å²) in [5, 5.41) is 2.70. The van der Waals surface area contributed by atoms with Crippen LogP contribution in [-0.2, 0) is 0 Å². The molecule has 6 heteroatoms. The molecule has 0 aliphatic carbocycles. The van der Waals surface area contributed by atoms with E-state index in [2.05, 4.69) is 36.2 Å². The fourth-order valence-corrected chi connectivity index (χ4v) is 1.75. The third-order valence-corrected chi connectivity index (χ3v) is 2.65. The quantitative estimate of drug-likeness (QED) is 0.926. The topological polar surface area (TPSA) is 50.7 Å². The number of nitrogens with one attached hydrogen (secondary N) is 1. The molecule has 0 aliphatic rings. The molecule has 1 N–H and O–H groups in total. The fourth-order valence-electron chi connectivity index (χ4n) is 1.39. The largest absolute Gasteiger partial charge is 0.371 e. The van der Waals surface area contributed by atoms with Gasteiger partial charge in [-0.25, -0.2) is 14.4 Å². The van der Waals surface area contributed by atoms with Crippen molar-refractivity contribution in [3.63, 3.8) is 0 Å². The van der Waals surface area contributed by atoms with E-state index >= 15 is 0 Å². The summed E-state index contributed by atoms with van der Waals surface area (Å²) in [5.74, 6) is 0.203. The molecule has 2 heterocycles. The van der Waals surface area contributed by atoms with E-state index in [1.807, 2.05) is 6.07 Å². The number of aryl methyl sites for hydroxylation is 1. The highest BCUT2D eigenvalue weighted by atomic mass is 79.9. The van der Waals surface area contributed by atoms with Crippen LogP contribution in [0.2, 0.25) is 0 Å². The molecular formula is C11H10BrFN4. The maximum absolute atomic E-state index is 13.6. The zero-order chi connectivity index (χ0) is 12.4. The molecule has 0 spiro atoms. The first-order valence-corrected chi connectivity index (χ1v) is 5.74. The van der Waals surface area contributed by atoms with E-state index in [0.717, 1.165) is 10.0 Å². The van der Waals surface area contributed by atoms with Gasteiger partial charge in [-0.05, 0) is 28.9 Å². The summed E-state index contributed by atoms with van der Waals surface area (Å²) in [6.45, 7) is 1.60. The van der Waals surface area contributed by atoms with E-state index in [1.165, 1.54) is 0 Å². The van der Waals surface area contributed by atoms with Crippen LogP contribution in [0, 0.1) is 12.7 Å². The van der Waals surface area contributed by atoms with Gasteiger partial charge in [0.25, 0.3) is 0 Å². The maximum atomic E-state index is 13.6. The molecular weight excluding hydrogens is 287 g/mol.